The van der Waals surface area contributed by atoms with Gasteiger partial charge in [0.15, 0.2) is 6.10 Å². The molecule has 0 aromatic heterocycles. The van der Waals surface area contributed by atoms with Crippen LogP contribution in [0.4, 0.5) is 18.9 Å². The Morgan fingerprint density at radius 3 is 2.33 bits per heavy atom. The number of carbonyl (C=O) groups is 1. The zero-order valence-electron chi connectivity index (χ0n) is 17.5. The Morgan fingerprint density at radius 1 is 1.13 bits per heavy atom. The molecule has 168 valence electrons. The number of aliphatic hydroxyl groups is 1. The van der Waals surface area contributed by atoms with Crippen LogP contribution >= 0.6 is 0 Å². The maximum Gasteiger partial charge on any atom is 0.425 e. The molecule has 1 N–H and O–H groups in total. The summed E-state index contributed by atoms with van der Waals surface area (Å²) in [5, 5.41) is 10.7. The number of amides is 1. The van der Waals surface area contributed by atoms with Crippen LogP contribution in [0, 0.1) is 5.41 Å². The van der Waals surface area contributed by atoms with E-state index in [0.717, 1.165) is 13.3 Å². The zero-order chi connectivity index (χ0) is 22.0. The lowest BCUT2D eigenvalue weighted by atomic mass is 9.68. The fourth-order valence-corrected chi connectivity index (χ4v) is 4.25. The first-order valence-corrected chi connectivity index (χ1v) is 10.5. The molecule has 1 heterocycles. The van der Waals surface area contributed by atoms with Gasteiger partial charge in [-0.15, -0.1) is 0 Å². The summed E-state index contributed by atoms with van der Waals surface area (Å²) in [5.41, 5.74) is -0.699. The minimum absolute atomic E-state index is 0.0244. The number of rotatable bonds is 7. The summed E-state index contributed by atoms with van der Waals surface area (Å²) in [7, 11) is 0. The van der Waals surface area contributed by atoms with Crippen LogP contribution in [0.5, 0.6) is 5.75 Å². The van der Waals surface area contributed by atoms with Crippen molar-refractivity contribution in [1.82, 2.24) is 0 Å². The van der Waals surface area contributed by atoms with E-state index in [1.54, 1.807) is 17.0 Å². The van der Waals surface area contributed by atoms with Crippen molar-refractivity contribution in [3.05, 3.63) is 24.3 Å². The van der Waals surface area contributed by atoms with Crippen molar-refractivity contribution in [2.75, 3.05) is 24.7 Å². The third-order valence-electron chi connectivity index (χ3n) is 6.29. The summed E-state index contributed by atoms with van der Waals surface area (Å²) in [6, 6.07) is 6.15. The van der Waals surface area contributed by atoms with E-state index in [1.807, 2.05) is 6.92 Å². The molecule has 1 spiro atoms. The summed E-state index contributed by atoms with van der Waals surface area (Å²) in [5.74, 6) is 0.135. The van der Waals surface area contributed by atoms with E-state index in [4.69, 9.17) is 9.47 Å². The lowest BCUT2D eigenvalue weighted by molar-refractivity contribution is -0.189. The van der Waals surface area contributed by atoms with E-state index >= 15 is 0 Å². The van der Waals surface area contributed by atoms with E-state index < -0.39 is 23.3 Å². The second-order valence-corrected chi connectivity index (χ2v) is 8.56. The first-order valence-electron chi connectivity index (χ1n) is 10.5. The number of alkyl halides is 3. The highest BCUT2D eigenvalue weighted by Crippen LogP contribution is 2.48. The first kappa shape index (κ1) is 22.9. The smallest absolute Gasteiger partial charge is 0.425 e. The number of anilines is 1. The molecule has 0 unspecified atom stereocenters. The van der Waals surface area contributed by atoms with Gasteiger partial charge in [0, 0.05) is 18.8 Å². The van der Waals surface area contributed by atoms with Crippen molar-refractivity contribution >= 4 is 11.6 Å². The van der Waals surface area contributed by atoms with Gasteiger partial charge < -0.3 is 19.5 Å². The third kappa shape index (κ3) is 4.91. The molecule has 1 saturated heterocycles. The highest BCUT2D eigenvalue weighted by Gasteiger charge is 2.51. The van der Waals surface area contributed by atoms with Crippen LogP contribution in [0.15, 0.2) is 24.3 Å². The van der Waals surface area contributed by atoms with Crippen molar-refractivity contribution in [1.29, 1.82) is 0 Å². The molecule has 1 atom stereocenters. The van der Waals surface area contributed by atoms with E-state index in [-0.39, 0.29) is 11.7 Å². The van der Waals surface area contributed by atoms with Crippen LogP contribution in [0.25, 0.3) is 0 Å². The molecule has 1 aliphatic carbocycles. The minimum atomic E-state index is -4.43. The summed E-state index contributed by atoms with van der Waals surface area (Å²) in [6.45, 7) is 4.44. The van der Waals surface area contributed by atoms with Crippen LogP contribution in [0.2, 0.25) is 0 Å². The van der Waals surface area contributed by atoms with Crippen molar-refractivity contribution in [2.24, 2.45) is 5.41 Å². The number of nitrogens with zero attached hydrogens (tertiary/aromatic N) is 1. The molecule has 1 amide bonds. The zero-order valence-corrected chi connectivity index (χ0v) is 17.5. The Bertz CT molecular complexity index is 727. The Labute approximate surface area is 175 Å². The largest absolute Gasteiger partial charge is 0.481 e. The van der Waals surface area contributed by atoms with Gasteiger partial charge in [-0.05, 0) is 69.7 Å². The molecule has 2 fully saturated rings. The van der Waals surface area contributed by atoms with Crippen molar-refractivity contribution in [3.8, 4) is 5.75 Å². The quantitative estimate of drug-likeness (QED) is 0.650. The topological polar surface area (TPSA) is 59.0 Å². The molecular formula is C22H30F3NO4. The molecule has 0 bridgehead atoms. The van der Waals surface area contributed by atoms with Gasteiger partial charge in [0.1, 0.15) is 5.75 Å². The molecule has 1 aromatic carbocycles. The van der Waals surface area contributed by atoms with Gasteiger partial charge >= 0.3 is 6.18 Å². The van der Waals surface area contributed by atoms with E-state index in [0.29, 0.717) is 57.6 Å². The Morgan fingerprint density at radius 2 is 1.77 bits per heavy atom. The van der Waals surface area contributed by atoms with Crippen LogP contribution in [0.3, 0.4) is 0 Å². The van der Waals surface area contributed by atoms with E-state index in [1.165, 1.54) is 12.1 Å². The average Bonchev–Trinajstić information content (AvgIpc) is 3.01. The molecule has 0 radical (unpaired) electrons. The second-order valence-electron chi connectivity index (χ2n) is 8.56. The number of hydrogen-bond donors (Lipinski definition) is 1. The highest BCUT2D eigenvalue weighted by atomic mass is 19.4. The maximum atomic E-state index is 13.2. The summed E-state index contributed by atoms with van der Waals surface area (Å²) < 4.78 is 48.4. The van der Waals surface area contributed by atoms with Gasteiger partial charge in [-0.25, -0.2) is 0 Å². The number of hydrogen-bond acceptors (Lipinski definition) is 4. The fourth-order valence-electron chi connectivity index (χ4n) is 4.25. The Kier molecular flexibility index (Phi) is 6.67. The van der Waals surface area contributed by atoms with Crippen molar-refractivity contribution < 1.29 is 32.5 Å². The minimum Gasteiger partial charge on any atom is -0.481 e. The van der Waals surface area contributed by atoms with Crippen LogP contribution in [0.1, 0.15) is 52.4 Å². The van der Waals surface area contributed by atoms with Gasteiger partial charge in [-0.1, -0.05) is 6.92 Å². The molecule has 2 aliphatic rings. The average molecular weight is 429 g/mol. The Hall–Kier alpha value is -1.80. The van der Waals surface area contributed by atoms with Crippen LogP contribution in [-0.2, 0) is 9.53 Å². The number of benzene rings is 1. The van der Waals surface area contributed by atoms with Gasteiger partial charge in [-0.3, -0.25) is 4.79 Å². The summed E-state index contributed by atoms with van der Waals surface area (Å²) in [6.07, 6.45) is -2.45. The number of halogens is 3. The molecule has 5 nitrogen and oxygen atoms in total. The standard InChI is InChI=1S/C22H30F3NO4/c1-3-14-29-15-21(28)10-8-20(9-11-21)12-13-26(19(20)27)17-4-6-18(7-5-17)30-16(2)22(23,24)25/h4-7,16,28H,3,8-15H2,1-2H3/t16-,20?,21?/m0/s1. The van der Waals surface area contributed by atoms with E-state index in [2.05, 4.69) is 0 Å². The molecule has 3 rings (SSSR count). The summed E-state index contributed by atoms with van der Waals surface area (Å²) in [4.78, 5) is 14.9. The van der Waals surface area contributed by atoms with E-state index in [9.17, 15) is 23.1 Å². The van der Waals surface area contributed by atoms with Gasteiger partial charge in [-0.2, -0.15) is 13.2 Å². The normalized spacial score (nSPS) is 28.2. The maximum absolute atomic E-state index is 13.2. The molecule has 1 aliphatic heterocycles. The predicted octanol–water partition coefficient (Wildman–Crippen LogP) is 4.47. The monoisotopic (exact) mass is 429 g/mol. The van der Waals surface area contributed by atoms with Gasteiger partial charge in [0.2, 0.25) is 5.91 Å². The van der Waals surface area contributed by atoms with Gasteiger partial charge in [0.05, 0.1) is 17.6 Å². The fraction of sp³-hybridized carbons (Fsp3) is 0.682. The predicted molar refractivity (Wildman–Crippen MR) is 107 cm³/mol. The van der Waals surface area contributed by atoms with Crippen molar-refractivity contribution in [3.63, 3.8) is 0 Å². The van der Waals surface area contributed by atoms with Crippen LogP contribution < -0.4 is 9.64 Å². The molecule has 30 heavy (non-hydrogen) atoms. The number of carbonyl (C=O) groups excluding carboxylic acids is 1. The molecule has 1 saturated carbocycles. The number of ether oxygens (including phenoxy) is 2. The lowest BCUT2D eigenvalue weighted by Crippen LogP contribution is -2.45. The van der Waals surface area contributed by atoms with Gasteiger partial charge in [0.25, 0.3) is 0 Å². The highest BCUT2D eigenvalue weighted by molar-refractivity contribution is 6.00. The van der Waals surface area contributed by atoms with Crippen LogP contribution in [-0.4, -0.2) is 48.7 Å². The molecular weight excluding hydrogens is 399 g/mol. The van der Waals surface area contributed by atoms with Crippen molar-refractivity contribution in [2.45, 2.75) is 70.3 Å². The molecule has 8 heteroatoms. The lowest BCUT2D eigenvalue weighted by Gasteiger charge is -2.40. The second kappa shape index (κ2) is 8.75. The Balaban J connectivity index is 1.60. The third-order valence-corrected chi connectivity index (χ3v) is 6.29. The molecule has 1 aromatic rings. The SMILES string of the molecule is CCCOCC1(O)CCC2(CCN(c3ccc(O[C@@H](C)C(F)(F)F)cc3)C2=O)CC1. The first-order chi connectivity index (χ1) is 14.1. The summed E-state index contributed by atoms with van der Waals surface area (Å²) >= 11 is 0.